The molecular weight excluding hydrogens is 140 g/mol. The SMILES string of the molecule is NOCC1=N/C=C\C=C\C=C1. The average Bonchev–Trinajstić information content (AvgIpc) is 1.94. The van der Waals surface area contributed by atoms with E-state index in [1.807, 2.05) is 30.4 Å². The van der Waals surface area contributed by atoms with Crippen LogP contribution in [0, 0.1) is 0 Å². The van der Waals surface area contributed by atoms with Crippen molar-refractivity contribution in [3.8, 4) is 0 Å². The van der Waals surface area contributed by atoms with Crippen LogP contribution in [0.4, 0.5) is 0 Å². The van der Waals surface area contributed by atoms with E-state index in [9.17, 15) is 0 Å². The molecule has 0 saturated carbocycles. The molecule has 0 spiro atoms. The fourth-order valence-electron chi connectivity index (χ4n) is 0.697. The molecule has 0 amide bonds. The predicted molar refractivity (Wildman–Crippen MR) is 45.0 cm³/mol. The van der Waals surface area contributed by atoms with Crippen molar-refractivity contribution >= 4 is 5.71 Å². The van der Waals surface area contributed by atoms with Crippen LogP contribution in [-0.2, 0) is 4.84 Å². The first kappa shape index (κ1) is 7.91. The Morgan fingerprint density at radius 3 is 2.91 bits per heavy atom. The summed E-state index contributed by atoms with van der Waals surface area (Å²) < 4.78 is 0. The summed E-state index contributed by atoms with van der Waals surface area (Å²) in [5.74, 6) is 4.89. The molecule has 0 aromatic heterocycles. The van der Waals surface area contributed by atoms with Crippen LogP contribution in [0.25, 0.3) is 0 Å². The van der Waals surface area contributed by atoms with Crippen LogP contribution in [0.1, 0.15) is 0 Å². The Morgan fingerprint density at radius 2 is 2.09 bits per heavy atom. The zero-order valence-electron chi connectivity index (χ0n) is 6.10. The third-order valence-corrected chi connectivity index (χ3v) is 1.18. The zero-order valence-corrected chi connectivity index (χ0v) is 6.10. The minimum absolute atomic E-state index is 0.342. The van der Waals surface area contributed by atoms with E-state index in [0.29, 0.717) is 6.61 Å². The highest BCUT2D eigenvalue weighted by molar-refractivity contribution is 5.96. The number of aliphatic imine (C=N–C) groups is 1. The molecule has 0 fully saturated rings. The van der Waals surface area contributed by atoms with Gasteiger partial charge in [0.1, 0.15) is 6.61 Å². The van der Waals surface area contributed by atoms with E-state index in [4.69, 9.17) is 5.90 Å². The van der Waals surface area contributed by atoms with E-state index in [1.165, 1.54) is 0 Å². The van der Waals surface area contributed by atoms with Crippen molar-refractivity contribution in [1.82, 2.24) is 0 Å². The Bertz CT molecular complexity index is 226. The quantitative estimate of drug-likeness (QED) is 0.596. The van der Waals surface area contributed by atoms with Gasteiger partial charge in [0, 0.05) is 6.20 Å². The van der Waals surface area contributed by atoms with E-state index in [1.54, 1.807) is 6.20 Å². The molecule has 1 heterocycles. The smallest absolute Gasteiger partial charge is 0.110 e. The number of hydrogen-bond donors (Lipinski definition) is 1. The largest absolute Gasteiger partial charge is 0.298 e. The fourth-order valence-corrected chi connectivity index (χ4v) is 0.697. The van der Waals surface area contributed by atoms with Gasteiger partial charge < -0.3 is 0 Å². The molecule has 11 heavy (non-hydrogen) atoms. The molecule has 1 rings (SSSR count). The van der Waals surface area contributed by atoms with Crippen LogP contribution in [0.2, 0.25) is 0 Å². The summed E-state index contributed by atoms with van der Waals surface area (Å²) in [6, 6.07) is 0. The lowest BCUT2D eigenvalue weighted by Gasteiger charge is -1.96. The van der Waals surface area contributed by atoms with Gasteiger partial charge in [-0.3, -0.25) is 9.83 Å². The first-order valence-electron chi connectivity index (χ1n) is 3.32. The molecule has 0 unspecified atom stereocenters. The van der Waals surface area contributed by atoms with E-state index in [-0.39, 0.29) is 0 Å². The maximum Gasteiger partial charge on any atom is 0.110 e. The van der Waals surface area contributed by atoms with Crippen molar-refractivity contribution in [3.63, 3.8) is 0 Å². The number of nitrogens with zero attached hydrogens (tertiary/aromatic N) is 1. The second kappa shape index (κ2) is 4.60. The first-order valence-corrected chi connectivity index (χ1v) is 3.32. The Balaban J connectivity index is 2.62. The van der Waals surface area contributed by atoms with Crippen LogP contribution in [0.15, 0.2) is 41.6 Å². The molecule has 58 valence electrons. The summed E-state index contributed by atoms with van der Waals surface area (Å²) >= 11 is 0. The van der Waals surface area contributed by atoms with E-state index in [2.05, 4.69) is 9.83 Å². The van der Waals surface area contributed by atoms with E-state index in [0.717, 1.165) is 5.71 Å². The summed E-state index contributed by atoms with van der Waals surface area (Å²) in [4.78, 5) is 8.50. The van der Waals surface area contributed by atoms with Crippen molar-refractivity contribution in [2.75, 3.05) is 6.61 Å². The van der Waals surface area contributed by atoms with Gasteiger partial charge >= 0.3 is 0 Å². The maximum absolute atomic E-state index is 4.89. The van der Waals surface area contributed by atoms with Crippen LogP contribution in [0.3, 0.4) is 0 Å². The lowest BCUT2D eigenvalue weighted by molar-refractivity contribution is 0.178. The van der Waals surface area contributed by atoms with Gasteiger partial charge in [0.15, 0.2) is 0 Å². The molecule has 0 radical (unpaired) electrons. The summed E-state index contributed by atoms with van der Waals surface area (Å²) in [5, 5.41) is 0. The molecule has 0 atom stereocenters. The molecule has 0 saturated heterocycles. The number of rotatable bonds is 2. The molecule has 1 aliphatic rings. The van der Waals surface area contributed by atoms with Gasteiger partial charge in [-0.2, -0.15) is 0 Å². The van der Waals surface area contributed by atoms with Gasteiger partial charge in [-0.25, -0.2) is 5.90 Å². The van der Waals surface area contributed by atoms with Gasteiger partial charge in [0.2, 0.25) is 0 Å². The number of nitrogens with two attached hydrogens (primary N) is 1. The van der Waals surface area contributed by atoms with Crippen molar-refractivity contribution in [2.45, 2.75) is 0 Å². The fraction of sp³-hybridized carbons (Fsp3) is 0.125. The Kier molecular flexibility index (Phi) is 3.31. The predicted octanol–water partition coefficient (Wildman–Crippen LogP) is 0.957. The Hall–Kier alpha value is -1.19. The van der Waals surface area contributed by atoms with Gasteiger partial charge in [-0.05, 0) is 12.2 Å². The van der Waals surface area contributed by atoms with E-state index >= 15 is 0 Å². The lowest BCUT2D eigenvalue weighted by atomic mass is 10.3. The molecule has 3 nitrogen and oxygen atoms in total. The van der Waals surface area contributed by atoms with Gasteiger partial charge in [0.05, 0.1) is 5.71 Å². The highest BCUT2D eigenvalue weighted by atomic mass is 16.6. The molecule has 0 aliphatic carbocycles. The highest BCUT2D eigenvalue weighted by Crippen LogP contribution is 1.91. The monoisotopic (exact) mass is 150 g/mol. The highest BCUT2D eigenvalue weighted by Gasteiger charge is 1.90. The van der Waals surface area contributed by atoms with Gasteiger partial charge in [0.25, 0.3) is 0 Å². The zero-order chi connectivity index (χ0) is 7.94. The summed E-state index contributed by atoms with van der Waals surface area (Å²) in [5.41, 5.74) is 0.813. The Labute approximate surface area is 65.5 Å². The Morgan fingerprint density at radius 1 is 1.27 bits per heavy atom. The second-order valence-corrected chi connectivity index (χ2v) is 2.02. The van der Waals surface area contributed by atoms with Crippen LogP contribution in [-0.4, -0.2) is 12.3 Å². The number of hydrogen-bond acceptors (Lipinski definition) is 3. The summed E-state index contributed by atoms with van der Waals surface area (Å²) in [7, 11) is 0. The molecule has 0 aromatic carbocycles. The first-order chi connectivity index (χ1) is 5.43. The topological polar surface area (TPSA) is 47.6 Å². The van der Waals surface area contributed by atoms with Crippen molar-refractivity contribution in [3.05, 3.63) is 36.6 Å². The minimum Gasteiger partial charge on any atom is -0.298 e. The molecule has 0 aromatic rings. The third-order valence-electron chi connectivity index (χ3n) is 1.18. The van der Waals surface area contributed by atoms with Gasteiger partial charge in [-0.15, -0.1) is 0 Å². The van der Waals surface area contributed by atoms with Crippen molar-refractivity contribution < 1.29 is 4.84 Å². The molecule has 1 aliphatic heterocycles. The maximum atomic E-state index is 4.89. The van der Waals surface area contributed by atoms with Crippen LogP contribution >= 0.6 is 0 Å². The molecule has 0 bridgehead atoms. The van der Waals surface area contributed by atoms with Crippen molar-refractivity contribution in [1.29, 1.82) is 0 Å². The van der Waals surface area contributed by atoms with Crippen LogP contribution < -0.4 is 5.90 Å². The normalized spacial score (nSPS) is 21.7. The lowest BCUT2D eigenvalue weighted by Crippen LogP contribution is -2.09. The second-order valence-electron chi connectivity index (χ2n) is 2.02. The molecular formula is C8H10N2O. The molecule has 2 N–H and O–H groups in total. The van der Waals surface area contributed by atoms with Gasteiger partial charge in [-0.1, -0.05) is 18.2 Å². The molecule has 3 heteroatoms. The standard InChI is InChI=1S/C8H10N2O/c9-11-7-8-5-3-1-2-4-6-10-8/h1-6H,7,9H2/b2-1+,3-1?,4-2?,5-3?,6-4-,8-5?,10-6?,10-8?. The number of allylic oxidation sites excluding steroid dienone is 4. The van der Waals surface area contributed by atoms with Crippen molar-refractivity contribution in [2.24, 2.45) is 10.9 Å². The minimum atomic E-state index is 0.342. The van der Waals surface area contributed by atoms with Crippen LogP contribution in [0.5, 0.6) is 0 Å². The summed E-state index contributed by atoms with van der Waals surface area (Å²) in [6.07, 6.45) is 11.1. The summed E-state index contributed by atoms with van der Waals surface area (Å²) in [6.45, 7) is 0.342. The average molecular weight is 150 g/mol. The van der Waals surface area contributed by atoms with E-state index < -0.39 is 0 Å². The third kappa shape index (κ3) is 2.93.